The molecule has 0 spiro atoms. The molecule has 1 fully saturated rings. The second-order valence-electron chi connectivity index (χ2n) is 4.20. The molecule has 5 nitrogen and oxygen atoms in total. The average molecular weight is 303 g/mol. The number of carbonyl (C=O) groups excluding carboxylic acids is 1. The van der Waals surface area contributed by atoms with Crippen LogP contribution in [0.25, 0.3) is 0 Å². The first-order chi connectivity index (χ1) is 8.58. The van der Waals surface area contributed by atoms with E-state index in [4.69, 9.17) is 23.1 Å². The predicted octanol–water partition coefficient (Wildman–Crippen LogP) is 1.78. The fourth-order valence-electron chi connectivity index (χ4n) is 2.03. The Hall–Kier alpha value is -1.46. The molecule has 0 saturated carbocycles. The van der Waals surface area contributed by atoms with Crippen LogP contribution in [-0.4, -0.2) is 25.0 Å². The van der Waals surface area contributed by atoms with E-state index in [9.17, 15) is 4.79 Å². The second kappa shape index (κ2) is 6.63. The molecule has 1 aromatic rings. The Balaban J connectivity index is 0.00000180. The molecule has 0 atom stereocenters. The van der Waals surface area contributed by atoms with Crippen LogP contribution < -0.4 is 16.4 Å². The Morgan fingerprint density at radius 1 is 1.26 bits per heavy atom. The second-order valence-corrected chi connectivity index (χ2v) is 4.61. The SMILES string of the molecule is Cl.NC(N)=NC(=O)c1ccc(Cl)c(N2CCCC2)c1. The van der Waals surface area contributed by atoms with E-state index in [1.165, 1.54) is 0 Å². The van der Waals surface area contributed by atoms with Crippen LogP contribution in [0.4, 0.5) is 5.69 Å². The molecule has 4 N–H and O–H groups in total. The predicted molar refractivity (Wildman–Crippen MR) is 80.3 cm³/mol. The highest BCUT2D eigenvalue weighted by atomic mass is 35.5. The van der Waals surface area contributed by atoms with Gasteiger partial charge in [0.15, 0.2) is 5.96 Å². The van der Waals surface area contributed by atoms with Crippen LogP contribution in [0.5, 0.6) is 0 Å². The molecule has 104 valence electrons. The molecule has 1 amide bonds. The third kappa shape index (κ3) is 3.75. The van der Waals surface area contributed by atoms with Crippen LogP contribution >= 0.6 is 24.0 Å². The topological polar surface area (TPSA) is 84.7 Å². The van der Waals surface area contributed by atoms with Crippen molar-refractivity contribution in [3.05, 3.63) is 28.8 Å². The fraction of sp³-hybridized carbons (Fsp3) is 0.333. The largest absolute Gasteiger partial charge is 0.370 e. The van der Waals surface area contributed by atoms with Crippen molar-refractivity contribution in [3.8, 4) is 0 Å². The number of guanidine groups is 1. The Kier molecular flexibility index (Phi) is 5.44. The summed E-state index contributed by atoms with van der Waals surface area (Å²) in [5, 5.41) is 0.637. The number of aliphatic imine (C=N–C) groups is 1. The van der Waals surface area contributed by atoms with Gasteiger partial charge in [-0.05, 0) is 31.0 Å². The van der Waals surface area contributed by atoms with Crippen molar-refractivity contribution < 1.29 is 4.79 Å². The summed E-state index contributed by atoms with van der Waals surface area (Å²) in [6, 6.07) is 5.06. The first kappa shape index (κ1) is 15.6. The van der Waals surface area contributed by atoms with Gasteiger partial charge in [-0.1, -0.05) is 11.6 Å². The van der Waals surface area contributed by atoms with Crippen LogP contribution in [0.3, 0.4) is 0 Å². The van der Waals surface area contributed by atoms with Crippen molar-refractivity contribution in [2.75, 3.05) is 18.0 Å². The van der Waals surface area contributed by atoms with E-state index in [2.05, 4.69) is 9.89 Å². The molecule has 1 saturated heterocycles. The van der Waals surface area contributed by atoms with Gasteiger partial charge in [-0.2, -0.15) is 4.99 Å². The van der Waals surface area contributed by atoms with Crippen molar-refractivity contribution in [1.29, 1.82) is 0 Å². The minimum Gasteiger partial charge on any atom is -0.370 e. The lowest BCUT2D eigenvalue weighted by Gasteiger charge is -2.19. The molecule has 1 heterocycles. The van der Waals surface area contributed by atoms with E-state index in [-0.39, 0.29) is 18.4 Å². The summed E-state index contributed by atoms with van der Waals surface area (Å²) in [5.41, 5.74) is 11.7. The highest BCUT2D eigenvalue weighted by Gasteiger charge is 2.17. The first-order valence-corrected chi connectivity index (χ1v) is 6.14. The van der Waals surface area contributed by atoms with E-state index < -0.39 is 5.91 Å². The maximum absolute atomic E-state index is 11.7. The normalized spacial score (nSPS) is 13.8. The molecule has 19 heavy (non-hydrogen) atoms. The van der Waals surface area contributed by atoms with Crippen molar-refractivity contribution in [3.63, 3.8) is 0 Å². The van der Waals surface area contributed by atoms with E-state index >= 15 is 0 Å². The van der Waals surface area contributed by atoms with Gasteiger partial charge in [0.05, 0.1) is 10.7 Å². The number of amides is 1. The van der Waals surface area contributed by atoms with Crippen LogP contribution in [0.1, 0.15) is 23.2 Å². The van der Waals surface area contributed by atoms with E-state index in [0.29, 0.717) is 10.6 Å². The Labute approximate surface area is 123 Å². The van der Waals surface area contributed by atoms with Gasteiger partial charge in [-0.3, -0.25) is 4.79 Å². The summed E-state index contributed by atoms with van der Waals surface area (Å²) in [5.74, 6) is -0.690. The van der Waals surface area contributed by atoms with Gasteiger partial charge in [-0.25, -0.2) is 0 Å². The number of hydrogen-bond donors (Lipinski definition) is 2. The van der Waals surface area contributed by atoms with Crippen molar-refractivity contribution in [2.45, 2.75) is 12.8 Å². The Morgan fingerprint density at radius 2 is 1.89 bits per heavy atom. The fourth-order valence-corrected chi connectivity index (χ4v) is 2.26. The number of rotatable bonds is 2. The molecular formula is C12H16Cl2N4O. The number of carbonyl (C=O) groups is 1. The summed E-state index contributed by atoms with van der Waals surface area (Å²) in [6.07, 6.45) is 2.28. The number of hydrogen-bond acceptors (Lipinski definition) is 2. The third-order valence-electron chi connectivity index (χ3n) is 2.87. The highest BCUT2D eigenvalue weighted by Crippen LogP contribution is 2.29. The standard InChI is InChI=1S/C12H15ClN4O.ClH/c13-9-4-3-8(11(18)16-12(14)15)7-10(9)17-5-1-2-6-17;/h3-4,7H,1-2,5-6H2,(H4,14,15,16,18);1H. The molecule has 0 bridgehead atoms. The lowest BCUT2D eigenvalue weighted by Crippen LogP contribution is -2.24. The molecule has 0 radical (unpaired) electrons. The van der Waals surface area contributed by atoms with E-state index in [0.717, 1.165) is 31.6 Å². The smallest absolute Gasteiger partial charge is 0.280 e. The number of nitrogens with two attached hydrogens (primary N) is 2. The van der Waals surface area contributed by atoms with Crippen molar-refractivity contribution in [2.24, 2.45) is 16.5 Å². The maximum Gasteiger partial charge on any atom is 0.280 e. The molecule has 2 rings (SSSR count). The molecular weight excluding hydrogens is 287 g/mol. The van der Waals surface area contributed by atoms with Gasteiger partial charge >= 0.3 is 0 Å². The summed E-state index contributed by atoms with van der Waals surface area (Å²) in [7, 11) is 0. The van der Waals surface area contributed by atoms with Crippen LogP contribution in [0, 0.1) is 0 Å². The minimum absolute atomic E-state index is 0. The van der Waals surface area contributed by atoms with Crippen molar-refractivity contribution >= 4 is 41.6 Å². The third-order valence-corrected chi connectivity index (χ3v) is 3.19. The van der Waals surface area contributed by atoms with Gasteiger partial charge in [0.1, 0.15) is 0 Å². The van der Waals surface area contributed by atoms with Crippen molar-refractivity contribution in [1.82, 2.24) is 0 Å². The van der Waals surface area contributed by atoms with Gasteiger partial charge in [0.2, 0.25) is 0 Å². The van der Waals surface area contributed by atoms with Gasteiger partial charge in [0, 0.05) is 18.7 Å². The summed E-state index contributed by atoms with van der Waals surface area (Å²) >= 11 is 6.15. The number of benzene rings is 1. The van der Waals surface area contributed by atoms with Gasteiger partial charge < -0.3 is 16.4 Å². The van der Waals surface area contributed by atoms with Crippen LogP contribution in [-0.2, 0) is 0 Å². The molecule has 0 aliphatic carbocycles. The number of anilines is 1. The van der Waals surface area contributed by atoms with Gasteiger partial charge in [0.25, 0.3) is 5.91 Å². The summed E-state index contributed by atoms with van der Waals surface area (Å²) in [6.45, 7) is 1.92. The van der Waals surface area contributed by atoms with Crippen LogP contribution in [0.2, 0.25) is 5.02 Å². The molecule has 0 aromatic heterocycles. The quantitative estimate of drug-likeness (QED) is 0.644. The van der Waals surface area contributed by atoms with E-state index in [1.54, 1.807) is 18.2 Å². The average Bonchev–Trinajstić information content (AvgIpc) is 2.82. The highest BCUT2D eigenvalue weighted by molar-refractivity contribution is 6.33. The number of halogens is 2. The molecule has 1 aromatic carbocycles. The monoisotopic (exact) mass is 302 g/mol. The van der Waals surface area contributed by atoms with Crippen LogP contribution in [0.15, 0.2) is 23.2 Å². The lowest BCUT2D eigenvalue weighted by atomic mass is 10.2. The molecule has 0 unspecified atom stereocenters. The summed E-state index contributed by atoms with van der Waals surface area (Å²) in [4.78, 5) is 17.4. The Morgan fingerprint density at radius 3 is 2.47 bits per heavy atom. The molecule has 1 aliphatic heterocycles. The molecule has 1 aliphatic rings. The molecule has 7 heteroatoms. The zero-order chi connectivity index (χ0) is 13.1. The zero-order valence-corrected chi connectivity index (χ0v) is 11.9. The zero-order valence-electron chi connectivity index (χ0n) is 10.3. The Bertz CT molecular complexity index is 495. The van der Waals surface area contributed by atoms with Gasteiger partial charge in [-0.15, -0.1) is 12.4 Å². The van der Waals surface area contributed by atoms with E-state index in [1.807, 2.05) is 0 Å². The number of nitrogens with zero attached hydrogens (tertiary/aromatic N) is 2. The minimum atomic E-state index is -0.452. The maximum atomic E-state index is 11.7. The lowest BCUT2D eigenvalue weighted by molar-refractivity contribution is 0.100. The first-order valence-electron chi connectivity index (χ1n) is 5.76. The summed E-state index contributed by atoms with van der Waals surface area (Å²) < 4.78 is 0.